The summed E-state index contributed by atoms with van der Waals surface area (Å²) in [4.78, 5) is 40.4. The molecular weight excluding hydrogens is 406 g/mol. The number of carbonyl (C=O) groups excluding carboxylic acids is 3. The van der Waals surface area contributed by atoms with Gasteiger partial charge >= 0.3 is 0 Å². The minimum Gasteiger partial charge on any atom is -0.349 e. The molecule has 0 saturated heterocycles. The van der Waals surface area contributed by atoms with E-state index in [4.69, 9.17) is 11.6 Å². The second-order valence-electron chi connectivity index (χ2n) is 6.76. The predicted molar refractivity (Wildman–Crippen MR) is 116 cm³/mol. The van der Waals surface area contributed by atoms with Crippen molar-refractivity contribution in [3.8, 4) is 0 Å². The molecular formula is C21H22ClN5O3. The fraction of sp³-hybridized carbons (Fsp3) is 0.238. The number of hydrogen-bond acceptors (Lipinski definition) is 5. The smallest absolute Gasteiger partial charge is 0.288 e. The second-order valence-corrected chi connectivity index (χ2v) is 7.19. The van der Waals surface area contributed by atoms with Crippen LogP contribution in [0.3, 0.4) is 0 Å². The van der Waals surface area contributed by atoms with Gasteiger partial charge in [-0.1, -0.05) is 29.3 Å². The molecule has 0 spiro atoms. The van der Waals surface area contributed by atoms with Crippen molar-refractivity contribution in [2.24, 2.45) is 4.99 Å². The van der Waals surface area contributed by atoms with E-state index in [1.807, 2.05) is 19.1 Å². The summed E-state index contributed by atoms with van der Waals surface area (Å²) >= 11 is 5.81. The van der Waals surface area contributed by atoms with Crippen molar-refractivity contribution < 1.29 is 14.4 Å². The number of benzene rings is 2. The largest absolute Gasteiger partial charge is 0.349 e. The van der Waals surface area contributed by atoms with E-state index in [0.29, 0.717) is 29.4 Å². The number of rotatable bonds is 7. The van der Waals surface area contributed by atoms with Crippen molar-refractivity contribution in [2.75, 3.05) is 23.4 Å². The molecule has 1 aliphatic rings. The molecule has 1 heterocycles. The van der Waals surface area contributed by atoms with Gasteiger partial charge in [-0.3, -0.25) is 24.8 Å². The molecule has 9 heteroatoms. The lowest BCUT2D eigenvalue weighted by molar-refractivity contribution is -0.119. The van der Waals surface area contributed by atoms with Gasteiger partial charge in [-0.2, -0.15) is 0 Å². The molecule has 0 bridgehead atoms. The van der Waals surface area contributed by atoms with Crippen LogP contribution in [0.1, 0.15) is 18.4 Å². The number of aliphatic imine (C=N–C) groups is 1. The average molecular weight is 428 g/mol. The summed E-state index contributed by atoms with van der Waals surface area (Å²) < 4.78 is 0. The van der Waals surface area contributed by atoms with Gasteiger partial charge in [-0.25, -0.2) is 5.01 Å². The Morgan fingerprint density at radius 3 is 2.53 bits per heavy atom. The third-order valence-electron chi connectivity index (χ3n) is 4.34. The second kappa shape index (κ2) is 9.89. The molecule has 0 radical (unpaired) electrons. The Morgan fingerprint density at radius 1 is 1.13 bits per heavy atom. The molecule has 2 aromatic rings. The van der Waals surface area contributed by atoms with E-state index in [1.165, 1.54) is 5.01 Å². The van der Waals surface area contributed by atoms with E-state index in [2.05, 4.69) is 21.1 Å². The monoisotopic (exact) mass is 427 g/mol. The van der Waals surface area contributed by atoms with Crippen LogP contribution < -0.4 is 21.1 Å². The Balaban J connectivity index is 1.44. The van der Waals surface area contributed by atoms with E-state index < -0.39 is 5.91 Å². The van der Waals surface area contributed by atoms with E-state index >= 15 is 0 Å². The quantitative estimate of drug-likeness (QED) is 0.590. The number of nitrogens with zero attached hydrogens (tertiary/aromatic N) is 2. The van der Waals surface area contributed by atoms with Crippen LogP contribution in [-0.4, -0.2) is 36.6 Å². The van der Waals surface area contributed by atoms with Crippen LogP contribution in [0.5, 0.6) is 0 Å². The van der Waals surface area contributed by atoms with Gasteiger partial charge < -0.3 is 10.6 Å². The lowest BCUT2D eigenvalue weighted by atomic mass is 10.2. The Labute approximate surface area is 179 Å². The first kappa shape index (κ1) is 21.3. The zero-order valence-corrected chi connectivity index (χ0v) is 17.2. The number of amidine groups is 1. The molecule has 1 aliphatic heterocycles. The van der Waals surface area contributed by atoms with Crippen LogP contribution in [-0.2, 0) is 14.4 Å². The van der Waals surface area contributed by atoms with Crippen molar-refractivity contribution in [1.29, 1.82) is 0 Å². The number of aryl methyl sites for hydroxylation is 1. The summed E-state index contributed by atoms with van der Waals surface area (Å²) in [6, 6.07) is 14.2. The van der Waals surface area contributed by atoms with Gasteiger partial charge in [0.05, 0.1) is 5.69 Å². The molecule has 3 rings (SSSR count). The SMILES string of the molecule is Cc1ccc(N2NC(C(=O)NCCCC(=O)Nc3ccc(Cl)cc3)=NCC2=O)cc1. The highest BCUT2D eigenvalue weighted by molar-refractivity contribution is 6.39. The van der Waals surface area contributed by atoms with Gasteiger partial charge in [0, 0.05) is 23.7 Å². The van der Waals surface area contributed by atoms with E-state index in [-0.39, 0.29) is 30.6 Å². The number of amides is 3. The number of hydrazine groups is 1. The number of nitrogens with one attached hydrogen (secondary N) is 3. The number of hydrogen-bond donors (Lipinski definition) is 3. The molecule has 0 fully saturated rings. The third kappa shape index (κ3) is 5.81. The number of carbonyl (C=O) groups is 3. The molecule has 2 aromatic carbocycles. The first-order valence-electron chi connectivity index (χ1n) is 9.47. The normalized spacial score (nSPS) is 13.3. The molecule has 3 amide bonds. The first-order chi connectivity index (χ1) is 14.4. The zero-order valence-electron chi connectivity index (χ0n) is 16.4. The minimum atomic E-state index is -0.433. The van der Waals surface area contributed by atoms with E-state index in [0.717, 1.165) is 5.56 Å². The summed E-state index contributed by atoms with van der Waals surface area (Å²) in [7, 11) is 0. The molecule has 30 heavy (non-hydrogen) atoms. The molecule has 156 valence electrons. The Kier molecular flexibility index (Phi) is 7.03. The fourth-order valence-corrected chi connectivity index (χ4v) is 2.86. The summed E-state index contributed by atoms with van der Waals surface area (Å²) in [6.07, 6.45) is 0.704. The van der Waals surface area contributed by atoms with Gasteiger partial charge in [-0.05, 0) is 49.7 Å². The van der Waals surface area contributed by atoms with Crippen molar-refractivity contribution in [2.45, 2.75) is 19.8 Å². The molecule has 0 aromatic heterocycles. The van der Waals surface area contributed by atoms with Gasteiger partial charge in [0.25, 0.3) is 11.8 Å². The maximum Gasteiger partial charge on any atom is 0.288 e. The maximum atomic E-state index is 12.3. The summed E-state index contributed by atoms with van der Waals surface area (Å²) in [5.41, 5.74) is 5.11. The maximum absolute atomic E-state index is 12.3. The van der Waals surface area contributed by atoms with Crippen molar-refractivity contribution >= 4 is 46.5 Å². The highest BCUT2D eigenvalue weighted by Crippen LogP contribution is 2.15. The Morgan fingerprint density at radius 2 is 1.83 bits per heavy atom. The zero-order chi connectivity index (χ0) is 21.5. The number of halogens is 1. The molecule has 3 N–H and O–H groups in total. The lowest BCUT2D eigenvalue weighted by Crippen LogP contribution is -2.55. The standard InChI is InChI=1S/C21H22ClN5O3/c1-14-4-10-17(11-5-14)27-19(29)13-24-20(26-27)21(30)23-12-2-3-18(28)25-16-8-6-15(22)7-9-16/h4-11H,2-3,12-13H2,1H3,(H,23,30)(H,24,26)(H,25,28). The average Bonchev–Trinajstić information content (AvgIpc) is 2.74. The van der Waals surface area contributed by atoms with Gasteiger partial charge in [0.1, 0.15) is 6.54 Å². The summed E-state index contributed by atoms with van der Waals surface area (Å²) in [6.45, 7) is 2.13. The van der Waals surface area contributed by atoms with Crippen molar-refractivity contribution in [3.63, 3.8) is 0 Å². The van der Waals surface area contributed by atoms with Gasteiger partial charge in [-0.15, -0.1) is 0 Å². The van der Waals surface area contributed by atoms with Crippen LogP contribution >= 0.6 is 11.6 Å². The molecule has 0 unspecified atom stereocenters. The molecule has 0 atom stereocenters. The molecule has 8 nitrogen and oxygen atoms in total. The predicted octanol–water partition coefficient (Wildman–Crippen LogP) is 2.43. The Bertz CT molecular complexity index is 958. The van der Waals surface area contributed by atoms with E-state index in [1.54, 1.807) is 36.4 Å². The van der Waals surface area contributed by atoms with Gasteiger partial charge in [0.2, 0.25) is 11.7 Å². The van der Waals surface area contributed by atoms with Crippen LogP contribution in [0, 0.1) is 6.92 Å². The highest BCUT2D eigenvalue weighted by atomic mass is 35.5. The van der Waals surface area contributed by atoms with Crippen LogP contribution in [0.15, 0.2) is 53.5 Å². The van der Waals surface area contributed by atoms with Crippen LogP contribution in [0.2, 0.25) is 5.02 Å². The number of anilines is 2. The first-order valence-corrected chi connectivity index (χ1v) is 9.84. The van der Waals surface area contributed by atoms with E-state index in [9.17, 15) is 14.4 Å². The molecule has 0 aliphatic carbocycles. The lowest BCUT2D eigenvalue weighted by Gasteiger charge is -2.27. The van der Waals surface area contributed by atoms with Crippen LogP contribution in [0.25, 0.3) is 0 Å². The van der Waals surface area contributed by atoms with Crippen LogP contribution in [0.4, 0.5) is 11.4 Å². The van der Waals surface area contributed by atoms with Crippen molar-refractivity contribution in [1.82, 2.24) is 10.7 Å². The topological polar surface area (TPSA) is 103 Å². The third-order valence-corrected chi connectivity index (χ3v) is 4.59. The highest BCUT2D eigenvalue weighted by Gasteiger charge is 2.25. The van der Waals surface area contributed by atoms with Gasteiger partial charge in [0.15, 0.2) is 0 Å². The summed E-state index contributed by atoms with van der Waals surface area (Å²) in [5, 5.41) is 7.37. The fourth-order valence-electron chi connectivity index (χ4n) is 2.74. The minimum absolute atomic E-state index is 0.0563. The summed E-state index contributed by atoms with van der Waals surface area (Å²) in [5.74, 6) is -0.788. The Hall–Kier alpha value is -3.39. The van der Waals surface area contributed by atoms with Crippen molar-refractivity contribution in [3.05, 3.63) is 59.1 Å². The molecule has 0 saturated carbocycles.